The maximum Gasteiger partial charge on any atom is 0.132 e. The summed E-state index contributed by atoms with van der Waals surface area (Å²) >= 11 is 0. The van der Waals surface area contributed by atoms with Gasteiger partial charge in [0.1, 0.15) is 6.67 Å². The monoisotopic (exact) mass is 324 g/mol. The zero-order valence-electron chi connectivity index (χ0n) is 14.7. The number of hydroxylamine groups is 3. The number of likely N-dealkylation sites (tertiary alicyclic amines) is 1. The van der Waals surface area contributed by atoms with Crippen LogP contribution >= 0.6 is 0 Å². The molecular weight excluding hydrogens is 296 g/mol. The van der Waals surface area contributed by atoms with Gasteiger partial charge in [0.25, 0.3) is 0 Å². The van der Waals surface area contributed by atoms with E-state index in [2.05, 4.69) is 67.7 Å². The smallest absolute Gasteiger partial charge is 0.132 e. The van der Waals surface area contributed by atoms with Gasteiger partial charge in [-0.2, -0.15) is 0 Å². The number of hydrogen-bond acceptors (Lipinski definition) is 2. The van der Waals surface area contributed by atoms with Crippen LogP contribution in [-0.2, 0) is 5.41 Å². The minimum absolute atomic E-state index is 0.165. The Morgan fingerprint density at radius 3 is 2.04 bits per heavy atom. The third-order valence-corrected chi connectivity index (χ3v) is 5.17. The summed E-state index contributed by atoms with van der Waals surface area (Å²) in [5, 5.41) is 16.8. The lowest BCUT2D eigenvalue weighted by Crippen LogP contribution is -2.60. The zero-order chi connectivity index (χ0) is 17.0. The van der Waals surface area contributed by atoms with E-state index in [0.29, 0.717) is 25.8 Å². The van der Waals surface area contributed by atoms with E-state index < -0.39 is 0 Å². The average molecular weight is 324 g/mol. The fourth-order valence-electron chi connectivity index (χ4n) is 3.96. The van der Waals surface area contributed by atoms with E-state index in [-0.39, 0.29) is 10.1 Å². The lowest BCUT2D eigenvalue weighted by Gasteiger charge is -2.53. The van der Waals surface area contributed by atoms with E-state index in [1.165, 1.54) is 11.1 Å². The van der Waals surface area contributed by atoms with Crippen LogP contribution in [0.15, 0.2) is 60.7 Å². The van der Waals surface area contributed by atoms with Gasteiger partial charge in [-0.3, -0.25) is 5.32 Å². The SMILES string of the molecule is CC(C)NC[N+]1([O-])CCCC(c2ccccc2)(c2ccccc2)C1. The summed E-state index contributed by atoms with van der Waals surface area (Å²) in [5.74, 6) is 0. The van der Waals surface area contributed by atoms with Crippen molar-refractivity contribution < 1.29 is 4.65 Å². The fourth-order valence-corrected chi connectivity index (χ4v) is 3.96. The van der Waals surface area contributed by atoms with Gasteiger partial charge < -0.3 is 9.85 Å². The number of nitrogens with one attached hydrogen (secondary N) is 1. The number of benzene rings is 2. The molecule has 1 unspecified atom stereocenters. The molecule has 128 valence electrons. The van der Waals surface area contributed by atoms with Crippen LogP contribution in [0.4, 0.5) is 0 Å². The maximum atomic E-state index is 13.5. The van der Waals surface area contributed by atoms with Gasteiger partial charge in [0.15, 0.2) is 0 Å². The molecule has 0 aliphatic carbocycles. The summed E-state index contributed by atoms with van der Waals surface area (Å²) in [5.41, 5.74) is 2.33. The van der Waals surface area contributed by atoms with Crippen molar-refractivity contribution in [3.05, 3.63) is 77.0 Å². The quantitative estimate of drug-likeness (QED) is 0.665. The Morgan fingerprint density at radius 1 is 1.00 bits per heavy atom. The predicted octanol–water partition coefficient (Wildman–Crippen LogP) is 4.04. The van der Waals surface area contributed by atoms with Crippen LogP contribution in [-0.4, -0.2) is 30.4 Å². The van der Waals surface area contributed by atoms with Crippen LogP contribution < -0.4 is 5.32 Å². The number of quaternary nitrogens is 1. The average Bonchev–Trinajstić information content (AvgIpc) is 2.62. The van der Waals surface area contributed by atoms with Gasteiger partial charge in [-0.05, 0) is 37.8 Å². The van der Waals surface area contributed by atoms with Crippen molar-refractivity contribution >= 4 is 0 Å². The summed E-state index contributed by atoms with van der Waals surface area (Å²) in [4.78, 5) is 0. The Balaban J connectivity index is 1.99. The Hall–Kier alpha value is -1.68. The van der Waals surface area contributed by atoms with Crippen molar-refractivity contribution in [3.63, 3.8) is 0 Å². The molecule has 2 aromatic rings. The van der Waals surface area contributed by atoms with Gasteiger partial charge in [-0.15, -0.1) is 0 Å². The molecule has 1 N–H and O–H groups in total. The molecule has 0 aromatic heterocycles. The van der Waals surface area contributed by atoms with Crippen LogP contribution in [0, 0.1) is 5.21 Å². The maximum absolute atomic E-state index is 13.5. The van der Waals surface area contributed by atoms with Crippen molar-refractivity contribution in [3.8, 4) is 0 Å². The molecule has 3 heteroatoms. The minimum Gasteiger partial charge on any atom is -0.632 e. The highest BCUT2D eigenvalue weighted by atomic mass is 16.5. The predicted molar refractivity (Wildman–Crippen MR) is 99.4 cm³/mol. The highest BCUT2D eigenvalue weighted by molar-refractivity contribution is 5.40. The lowest BCUT2D eigenvalue weighted by molar-refractivity contribution is -0.892. The molecule has 0 spiro atoms. The number of nitrogens with zero attached hydrogens (tertiary/aromatic N) is 1. The molecule has 2 aromatic carbocycles. The molecule has 1 aliphatic heterocycles. The first-order chi connectivity index (χ1) is 11.5. The van der Waals surface area contributed by atoms with Crippen LogP contribution in [0.3, 0.4) is 0 Å². The highest BCUT2D eigenvalue weighted by Crippen LogP contribution is 2.42. The first-order valence-electron chi connectivity index (χ1n) is 8.96. The molecule has 0 saturated carbocycles. The third-order valence-electron chi connectivity index (χ3n) is 5.17. The molecule has 1 heterocycles. The van der Waals surface area contributed by atoms with Gasteiger partial charge in [0, 0.05) is 6.04 Å². The Labute approximate surface area is 145 Å². The Kier molecular flexibility index (Phi) is 5.04. The van der Waals surface area contributed by atoms with E-state index in [9.17, 15) is 5.21 Å². The van der Waals surface area contributed by atoms with Crippen molar-refractivity contribution in [2.45, 2.75) is 38.1 Å². The zero-order valence-corrected chi connectivity index (χ0v) is 14.7. The molecule has 3 rings (SSSR count). The van der Waals surface area contributed by atoms with Gasteiger partial charge in [-0.1, -0.05) is 60.7 Å². The molecule has 0 bridgehead atoms. The third kappa shape index (κ3) is 3.54. The highest BCUT2D eigenvalue weighted by Gasteiger charge is 2.43. The second kappa shape index (κ2) is 7.06. The van der Waals surface area contributed by atoms with Crippen LogP contribution in [0.2, 0.25) is 0 Å². The Bertz CT molecular complexity index is 602. The number of piperidine rings is 1. The van der Waals surface area contributed by atoms with Crippen LogP contribution in [0.25, 0.3) is 0 Å². The molecule has 1 saturated heterocycles. The van der Waals surface area contributed by atoms with Crippen LogP contribution in [0.1, 0.15) is 37.8 Å². The summed E-state index contributed by atoms with van der Waals surface area (Å²) in [6, 6.07) is 21.5. The normalized spacial score (nSPS) is 23.3. The van der Waals surface area contributed by atoms with E-state index in [1.807, 2.05) is 12.1 Å². The standard InChI is InChI=1S/C21H28N2O/c1-18(2)22-17-23(24)15-9-14-21(16-23,19-10-5-3-6-11-19)20-12-7-4-8-13-20/h3-8,10-13,18,22H,9,14-17H2,1-2H3. The second-order valence-electron chi connectivity index (χ2n) is 7.37. The van der Waals surface area contributed by atoms with Crippen molar-refractivity contribution in [2.75, 3.05) is 19.8 Å². The first-order valence-corrected chi connectivity index (χ1v) is 8.96. The van der Waals surface area contributed by atoms with Gasteiger partial charge >= 0.3 is 0 Å². The number of hydrogen-bond donors (Lipinski definition) is 1. The second-order valence-corrected chi connectivity index (χ2v) is 7.37. The molecule has 3 nitrogen and oxygen atoms in total. The van der Waals surface area contributed by atoms with E-state index in [1.54, 1.807) is 0 Å². The van der Waals surface area contributed by atoms with E-state index in [0.717, 1.165) is 12.8 Å². The molecule has 0 amide bonds. The summed E-state index contributed by atoms with van der Waals surface area (Å²) < 4.78 is -0.165. The molecule has 1 aliphatic rings. The molecule has 1 fully saturated rings. The molecule has 24 heavy (non-hydrogen) atoms. The fraction of sp³-hybridized carbons (Fsp3) is 0.429. The van der Waals surface area contributed by atoms with Crippen LogP contribution in [0.5, 0.6) is 0 Å². The molecule has 0 radical (unpaired) electrons. The van der Waals surface area contributed by atoms with Gasteiger partial charge in [0.2, 0.25) is 0 Å². The van der Waals surface area contributed by atoms with Crippen molar-refractivity contribution in [1.82, 2.24) is 5.32 Å². The lowest BCUT2D eigenvalue weighted by atomic mass is 9.69. The van der Waals surface area contributed by atoms with Crippen molar-refractivity contribution in [2.24, 2.45) is 0 Å². The first kappa shape index (κ1) is 17.2. The largest absolute Gasteiger partial charge is 0.632 e. The number of rotatable bonds is 5. The minimum atomic E-state index is -0.193. The molecular formula is C21H28N2O. The van der Waals surface area contributed by atoms with E-state index in [4.69, 9.17) is 0 Å². The Morgan fingerprint density at radius 2 is 1.54 bits per heavy atom. The summed E-state index contributed by atoms with van der Waals surface area (Å²) in [6.45, 7) is 5.97. The van der Waals surface area contributed by atoms with Gasteiger partial charge in [-0.25, -0.2) is 0 Å². The van der Waals surface area contributed by atoms with Crippen molar-refractivity contribution in [1.29, 1.82) is 0 Å². The van der Waals surface area contributed by atoms with E-state index >= 15 is 0 Å². The topological polar surface area (TPSA) is 35.1 Å². The van der Waals surface area contributed by atoms with Gasteiger partial charge in [0.05, 0.1) is 18.5 Å². The summed E-state index contributed by atoms with van der Waals surface area (Å²) in [7, 11) is 0. The molecule has 1 atom stereocenters. The summed E-state index contributed by atoms with van der Waals surface area (Å²) in [6.07, 6.45) is 1.98.